The van der Waals surface area contributed by atoms with E-state index >= 15 is 0 Å². The molecular weight excluding hydrogens is 312 g/mol. The molecule has 0 N–H and O–H groups in total. The molecule has 136 valence electrons. The molecule has 0 radical (unpaired) electrons. The van der Waals surface area contributed by atoms with Crippen molar-refractivity contribution in [3.63, 3.8) is 0 Å². The number of morpholine rings is 1. The van der Waals surface area contributed by atoms with Crippen molar-refractivity contribution in [2.75, 3.05) is 39.4 Å². The Morgan fingerprint density at radius 2 is 1.92 bits per heavy atom. The van der Waals surface area contributed by atoms with Gasteiger partial charge < -0.3 is 9.47 Å². The van der Waals surface area contributed by atoms with E-state index < -0.39 is 0 Å². The molecule has 0 spiro atoms. The molecule has 3 unspecified atom stereocenters. The maximum atomic E-state index is 6.67. The standard InChI is InChI=1S/C21H30N2O2/c1-3-16-6-7-20(14-17(16)4-1)25-21(22-9-11-24-12-10-22)18-13-19-5-2-8-23(19)15-18/h6-7,14,18-19,21H,1-5,8-13,15H2. The largest absolute Gasteiger partial charge is 0.475 e. The van der Waals surface area contributed by atoms with E-state index in [2.05, 4.69) is 28.0 Å². The summed E-state index contributed by atoms with van der Waals surface area (Å²) in [4.78, 5) is 5.23. The quantitative estimate of drug-likeness (QED) is 0.840. The van der Waals surface area contributed by atoms with Gasteiger partial charge >= 0.3 is 0 Å². The van der Waals surface area contributed by atoms with Gasteiger partial charge in [0, 0.05) is 31.6 Å². The van der Waals surface area contributed by atoms with Gasteiger partial charge in [-0.3, -0.25) is 9.80 Å². The predicted octanol–water partition coefficient (Wildman–Crippen LogP) is 2.70. The third kappa shape index (κ3) is 3.20. The highest BCUT2D eigenvalue weighted by Gasteiger charge is 2.42. The average Bonchev–Trinajstić information content (AvgIpc) is 3.35. The van der Waals surface area contributed by atoms with Gasteiger partial charge in [0.1, 0.15) is 5.75 Å². The van der Waals surface area contributed by atoms with Crippen LogP contribution >= 0.6 is 0 Å². The molecule has 3 saturated heterocycles. The Labute approximate surface area is 151 Å². The molecule has 4 nitrogen and oxygen atoms in total. The molecule has 3 aliphatic heterocycles. The summed E-state index contributed by atoms with van der Waals surface area (Å²) >= 11 is 0. The van der Waals surface area contributed by atoms with Crippen molar-refractivity contribution < 1.29 is 9.47 Å². The molecule has 1 aliphatic carbocycles. The molecule has 1 aromatic carbocycles. The van der Waals surface area contributed by atoms with Crippen molar-refractivity contribution in [1.82, 2.24) is 9.80 Å². The van der Waals surface area contributed by atoms with Gasteiger partial charge in [-0.25, -0.2) is 0 Å². The number of benzene rings is 1. The maximum absolute atomic E-state index is 6.67. The summed E-state index contributed by atoms with van der Waals surface area (Å²) < 4.78 is 12.3. The first kappa shape index (κ1) is 16.1. The first-order valence-corrected chi connectivity index (χ1v) is 10.2. The minimum Gasteiger partial charge on any atom is -0.475 e. The van der Waals surface area contributed by atoms with Crippen LogP contribution in [0.2, 0.25) is 0 Å². The number of rotatable bonds is 4. The SMILES string of the molecule is c1cc2c(cc1OC(C1CC3CCCN3C1)N1CCOCC1)CCC2. The van der Waals surface area contributed by atoms with Gasteiger partial charge in [-0.15, -0.1) is 0 Å². The zero-order chi connectivity index (χ0) is 16.6. The number of aryl methyl sites for hydroxylation is 2. The Kier molecular flexibility index (Phi) is 4.44. The number of ether oxygens (including phenoxy) is 2. The van der Waals surface area contributed by atoms with Crippen LogP contribution in [0.1, 0.15) is 36.8 Å². The van der Waals surface area contributed by atoms with E-state index in [4.69, 9.17) is 9.47 Å². The first-order valence-electron chi connectivity index (χ1n) is 10.2. The molecule has 5 rings (SSSR count). The predicted molar refractivity (Wildman–Crippen MR) is 98.0 cm³/mol. The summed E-state index contributed by atoms with van der Waals surface area (Å²) in [6, 6.07) is 7.61. The topological polar surface area (TPSA) is 24.9 Å². The van der Waals surface area contributed by atoms with E-state index in [1.807, 2.05) is 0 Å². The second kappa shape index (κ2) is 6.90. The third-order valence-corrected chi connectivity index (χ3v) is 6.68. The zero-order valence-corrected chi connectivity index (χ0v) is 15.2. The van der Waals surface area contributed by atoms with Gasteiger partial charge in [0.15, 0.2) is 6.23 Å². The van der Waals surface area contributed by atoms with E-state index in [0.717, 1.165) is 38.1 Å². The Morgan fingerprint density at radius 3 is 2.80 bits per heavy atom. The van der Waals surface area contributed by atoms with Crippen LogP contribution in [0.3, 0.4) is 0 Å². The number of hydrogen-bond donors (Lipinski definition) is 0. The van der Waals surface area contributed by atoms with Crippen LogP contribution in [-0.2, 0) is 17.6 Å². The molecule has 4 aliphatic rings. The summed E-state index contributed by atoms with van der Waals surface area (Å²) in [7, 11) is 0. The Bertz CT molecular complexity index is 602. The lowest BCUT2D eigenvalue weighted by atomic mass is 10.00. The fourth-order valence-corrected chi connectivity index (χ4v) is 5.40. The molecule has 25 heavy (non-hydrogen) atoms. The van der Waals surface area contributed by atoms with E-state index in [-0.39, 0.29) is 6.23 Å². The minimum atomic E-state index is 0.203. The van der Waals surface area contributed by atoms with Crippen molar-refractivity contribution in [2.45, 2.75) is 50.8 Å². The van der Waals surface area contributed by atoms with E-state index in [1.54, 1.807) is 0 Å². The van der Waals surface area contributed by atoms with Crippen molar-refractivity contribution in [2.24, 2.45) is 5.92 Å². The summed E-state index contributed by atoms with van der Waals surface area (Å²) in [5.41, 5.74) is 3.03. The Balaban J connectivity index is 1.35. The van der Waals surface area contributed by atoms with Crippen LogP contribution in [0.5, 0.6) is 5.75 Å². The van der Waals surface area contributed by atoms with Gasteiger partial charge in [-0.05, 0) is 68.3 Å². The monoisotopic (exact) mass is 342 g/mol. The van der Waals surface area contributed by atoms with Crippen molar-refractivity contribution in [3.05, 3.63) is 29.3 Å². The lowest BCUT2D eigenvalue weighted by Crippen LogP contribution is -2.50. The number of fused-ring (bicyclic) bond motifs is 2. The fraction of sp³-hybridized carbons (Fsp3) is 0.714. The molecule has 0 saturated carbocycles. The highest BCUT2D eigenvalue weighted by Crippen LogP contribution is 2.36. The number of nitrogens with zero attached hydrogens (tertiary/aromatic N) is 2. The van der Waals surface area contributed by atoms with E-state index in [1.165, 1.54) is 62.7 Å². The molecule has 3 atom stereocenters. The van der Waals surface area contributed by atoms with Crippen molar-refractivity contribution >= 4 is 0 Å². The van der Waals surface area contributed by atoms with Crippen molar-refractivity contribution in [3.8, 4) is 5.75 Å². The Morgan fingerprint density at radius 1 is 1.04 bits per heavy atom. The van der Waals surface area contributed by atoms with Crippen molar-refractivity contribution in [1.29, 1.82) is 0 Å². The zero-order valence-electron chi connectivity index (χ0n) is 15.2. The van der Waals surface area contributed by atoms with Gasteiger partial charge in [-0.1, -0.05) is 6.07 Å². The molecule has 3 heterocycles. The normalized spacial score (nSPS) is 31.0. The van der Waals surface area contributed by atoms with Gasteiger partial charge in [0.2, 0.25) is 0 Å². The van der Waals surface area contributed by atoms with Gasteiger partial charge in [0.05, 0.1) is 13.2 Å². The van der Waals surface area contributed by atoms with Crippen LogP contribution in [0.15, 0.2) is 18.2 Å². The van der Waals surface area contributed by atoms with Crippen LogP contribution in [0.4, 0.5) is 0 Å². The molecule has 0 aromatic heterocycles. The average molecular weight is 342 g/mol. The third-order valence-electron chi connectivity index (χ3n) is 6.68. The smallest absolute Gasteiger partial charge is 0.156 e. The molecule has 3 fully saturated rings. The van der Waals surface area contributed by atoms with E-state index in [0.29, 0.717) is 5.92 Å². The second-order valence-corrected chi connectivity index (χ2v) is 8.23. The number of hydrogen-bond acceptors (Lipinski definition) is 4. The van der Waals surface area contributed by atoms with Crippen LogP contribution < -0.4 is 4.74 Å². The summed E-state index contributed by atoms with van der Waals surface area (Å²) in [6.45, 7) is 6.16. The molecular formula is C21H30N2O2. The lowest BCUT2D eigenvalue weighted by molar-refractivity contribution is -0.0698. The van der Waals surface area contributed by atoms with Gasteiger partial charge in [0.25, 0.3) is 0 Å². The van der Waals surface area contributed by atoms with Crippen LogP contribution in [-0.4, -0.2) is 61.5 Å². The lowest BCUT2D eigenvalue weighted by Gasteiger charge is -2.37. The van der Waals surface area contributed by atoms with Gasteiger partial charge in [-0.2, -0.15) is 0 Å². The fourth-order valence-electron chi connectivity index (χ4n) is 5.40. The summed E-state index contributed by atoms with van der Waals surface area (Å²) in [6.07, 6.45) is 8.01. The first-order chi connectivity index (χ1) is 12.4. The van der Waals surface area contributed by atoms with E-state index in [9.17, 15) is 0 Å². The highest BCUT2D eigenvalue weighted by atomic mass is 16.5. The summed E-state index contributed by atoms with van der Waals surface area (Å²) in [5.74, 6) is 1.70. The minimum absolute atomic E-state index is 0.203. The second-order valence-electron chi connectivity index (χ2n) is 8.23. The molecule has 4 heteroatoms. The molecule has 0 amide bonds. The Hall–Kier alpha value is -1.10. The van der Waals surface area contributed by atoms with Crippen LogP contribution in [0.25, 0.3) is 0 Å². The molecule has 0 bridgehead atoms. The van der Waals surface area contributed by atoms with Crippen LogP contribution in [0, 0.1) is 5.92 Å². The maximum Gasteiger partial charge on any atom is 0.156 e. The highest BCUT2D eigenvalue weighted by molar-refractivity contribution is 5.38. The molecule has 1 aromatic rings. The summed E-state index contributed by atoms with van der Waals surface area (Å²) in [5, 5.41) is 0.